The minimum Gasteiger partial charge on any atom is -0.375 e. The van der Waals surface area contributed by atoms with E-state index in [0.717, 1.165) is 6.54 Å². The lowest BCUT2D eigenvalue weighted by Crippen LogP contribution is -2.43. The van der Waals surface area contributed by atoms with E-state index in [1.54, 1.807) is 12.3 Å². The number of aromatic nitrogens is 1. The molecule has 6 nitrogen and oxygen atoms in total. The fraction of sp³-hybridized carbons (Fsp3) is 0.583. The second-order valence-electron chi connectivity index (χ2n) is 4.63. The Morgan fingerprint density at radius 1 is 1.53 bits per heavy atom. The van der Waals surface area contributed by atoms with Gasteiger partial charge in [-0.15, -0.1) is 0 Å². The van der Waals surface area contributed by atoms with Gasteiger partial charge in [0.15, 0.2) is 0 Å². The van der Waals surface area contributed by atoms with Crippen LogP contribution in [0.4, 0.5) is 0 Å². The summed E-state index contributed by atoms with van der Waals surface area (Å²) in [4.78, 5) is 6.07. The van der Waals surface area contributed by atoms with Gasteiger partial charge in [-0.1, -0.05) is 0 Å². The summed E-state index contributed by atoms with van der Waals surface area (Å²) in [7, 11) is -1.59. The number of likely N-dealkylation sites (tertiary alicyclic amines) is 1. The summed E-state index contributed by atoms with van der Waals surface area (Å²) in [6.07, 6.45) is 2.78. The van der Waals surface area contributed by atoms with Gasteiger partial charge in [0.1, 0.15) is 4.90 Å². The zero-order valence-electron chi connectivity index (χ0n) is 11.1. The number of hydrogen-bond donors (Lipinski definition) is 1. The third-order valence-corrected chi connectivity index (χ3v) is 4.56. The molecule has 2 heterocycles. The predicted molar refractivity (Wildman–Crippen MR) is 71.3 cm³/mol. The van der Waals surface area contributed by atoms with Crippen molar-refractivity contribution < 1.29 is 13.2 Å². The molecule has 1 aliphatic heterocycles. The first-order valence-electron chi connectivity index (χ1n) is 6.25. The SMILES string of the molecule is CCO[C@H]1CN(C)C[C@@H]1NS(=O)(=O)c1cccnc1. The van der Waals surface area contributed by atoms with E-state index in [-0.39, 0.29) is 17.0 Å². The van der Waals surface area contributed by atoms with Crippen LogP contribution in [-0.4, -0.2) is 57.2 Å². The van der Waals surface area contributed by atoms with Gasteiger partial charge < -0.3 is 9.64 Å². The Balaban J connectivity index is 2.11. The first-order valence-corrected chi connectivity index (χ1v) is 7.73. The molecule has 7 heteroatoms. The first kappa shape index (κ1) is 14.4. The Hall–Kier alpha value is -1.02. The maximum atomic E-state index is 12.2. The van der Waals surface area contributed by atoms with E-state index in [0.29, 0.717) is 13.2 Å². The largest absolute Gasteiger partial charge is 0.375 e. The maximum Gasteiger partial charge on any atom is 0.242 e. The highest BCUT2D eigenvalue weighted by molar-refractivity contribution is 7.89. The molecule has 106 valence electrons. The van der Waals surface area contributed by atoms with Crippen molar-refractivity contribution >= 4 is 10.0 Å². The molecule has 0 aromatic carbocycles. The van der Waals surface area contributed by atoms with E-state index < -0.39 is 10.0 Å². The summed E-state index contributed by atoms with van der Waals surface area (Å²) in [6, 6.07) is 2.91. The molecule has 19 heavy (non-hydrogen) atoms. The Labute approximate surface area is 113 Å². The number of rotatable bonds is 5. The quantitative estimate of drug-likeness (QED) is 0.829. The third-order valence-electron chi connectivity index (χ3n) is 3.08. The van der Waals surface area contributed by atoms with Crippen LogP contribution in [0.25, 0.3) is 0 Å². The predicted octanol–water partition coefficient (Wildman–Crippen LogP) is 0.0790. The lowest BCUT2D eigenvalue weighted by Gasteiger charge is -2.19. The smallest absolute Gasteiger partial charge is 0.242 e. The summed E-state index contributed by atoms with van der Waals surface area (Å²) in [6.45, 7) is 3.85. The number of pyridine rings is 1. The van der Waals surface area contributed by atoms with E-state index in [9.17, 15) is 8.42 Å². The highest BCUT2D eigenvalue weighted by Gasteiger charge is 2.34. The lowest BCUT2D eigenvalue weighted by molar-refractivity contribution is 0.0589. The monoisotopic (exact) mass is 285 g/mol. The average Bonchev–Trinajstić information content (AvgIpc) is 2.70. The van der Waals surface area contributed by atoms with Crippen LogP contribution in [0, 0.1) is 0 Å². The van der Waals surface area contributed by atoms with Gasteiger partial charge in [0.25, 0.3) is 0 Å². The van der Waals surface area contributed by atoms with Gasteiger partial charge in [-0.3, -0.25) is 4.98 Å². The van der Waals surface area contributed by atoms with E-state index >= 15 is 0 Å². The van der Waals surface area contributed by atoms with Crippen molar-refractivity contribution in [1.82, 2.24) is 14.6 Å². The van der Waals surface area contributed by atoms with E-state index in [2.05, 4.69) is 14.6 Å². The van der Waals surface area contributed by atoms with Crippen LogP contribution in [-0.2, 0) is 14.8 Å². The minimum absolute atomic E-state index is 0.110. The van der Waals surface area contributed by atoms with Crippen LogP contribution in [0.5, 0.6) is 0 Å². The summed E-state index contributed by atoms with van der Waals surface area (Å²) in [5.74, 6) is 0. The average molecular weight is 285 g/mol. The molecule has 1 aliphatic rings. The molecule has 0 spiro atoms. The molecule has 0 aliphatic carbocycles. The molecule has 1 fully saturated rings. The summed E-state index contributed by atoms with van der Waals surface area (Å²) in [5, 5.41) is 0. The number of likely N-dealkylation sites (N-methyl/N-ethyl adjacent to an activating group) is 1. The molecular weight excluding hydrogens is 266 g/mol. The second-order valence-corrected chi connectivity index (χ2v) is 6.35. The molecule has 0 saturated carbocycles. The number of nitrogens with one attached hydrogen (secondary N) is 1. The van der Waals surface area contributed by atoms with Gasteiger partial charge in [0.2, 0.25) is 10.0 Å². The van der Waals surface area contributed by atoms with Crippen molar-refractivity contribution in [2.75, 3.05) is 26.7 Å². The van der Waals surface area contributed by atoms with Crippen LogP contribution in [0.3, 0.4) is 0 Å². The molecule has 0 radical (unpaired) electrons. The van der Waals surface area contributed by atoms with Crippen LogP contribution in [0.2, 0.25) is 0 Å². The Bertz CT molecular complexity index is 506. The van der Waals surface area contributed by atoms with Crippen molar-refractivity contribution in [3.05, 3.63) is 24.5 Å². The van der Waals surface area contributed by atoms with Crippen molar-refractivity contribution in [3.8, 4) is 0 Å². The molecular formula is C12H19N3O3S. The second kappa shape index (κ2) is 5.96. The number of hydrogen-bond acceptors (Lipinski definition) is 5. The Kier molecular flexibility index (Phi) is 4.51. The molecule has 1 saturated heterocycles. The van der Waals surface area contributed by atoms with Crippen LogP contribution < -0.4 is 4.72 Å². The lowest BCUT2D eigenvalue weighted by atomic mass is 10.2. The van der Waals surface area contributed by atoms with Gasteiger partial charge in [0.05, 0.1) is 12.1 Å². The summed E-state index contributed by atoms with van der Waals surface area (Å²) >= 11 is 0. The van der Waals surface area contributed by atoms with Crippen LogP contribution in [0.15, 0.2) is 29.4 Å². The molecule has 0 amide bonds. The molecule has 0 unspecified atom stereocenters. The molecule has 1 aromatic heterocycles. The third kappa shape index (κ3) is 3.50. The topological polar surface area (TPSA) is 71.5 Å². The van der Waals surface area contributed by atoms with Gasteiger partial charge in [0, 0.05) is 32.1 Å². The van der Waals surface area contributed by atoms with Crippen LogP contribution in [0.1, 0.15) is 6.92 Å². The normalized spacial score (nSPS) is 24.7. The fourth-order valence-corrected chi connectivity index (χ4v) is 3.45. The zero-order valence-corrected chi connectivity index (χ0v) is 11.9. The zero-order chi connectivity index (χ0) is 13.9. The highest BCUT2D eigenvalue weighted by atomic mass is 32.2. The van der Waals surface area contributed by atoms with E-state index in [4.69, 9.17) is 4.74 Å². The van der Waals surface area contributed by atoms with Crippen LogP contribution >= 0.6 is 0 Å². The maximum absolute atomic E-state index is 12.2. The van der Waals surface area contributed by atoms with Gasteiger partial charge in [-0.2, -0.15) is 0 Å². The van der Waals surface area contributed by atoms with Crippen molar-refractivity contribution in [1.29, 1.82) is 0 Å². The number of nitrogens with zero attached hydrogens (tertiary/aromatic N) is 2. The van der Waals surface area contributed by atoms with Gasteiger partial charge in [-0.05, 0) is 26.1 Å². The Morgan fingerprint density at radius 3 is 2.95 bits per heavy atom. The molecule has 2 rings (SSSR count). The standard InChI is InChI=1S/C12H19N3O3S/c1-3-18-12-9-15(2)8-11(12)14-19(16,17)10-5-4-6-13-7-10/h4-7,11-12,14H,3,8-9H2,1-2H3/t11-,12-/m0/s1. The highest BCUT2D eigenvalue weighted by Crippen LogP contribution is 2.15. The van der Waals surface area contributed by atoms with Crippen molar-refractivity contribution in [2.24, 2.45) is 0 Å². The van der Waals surface area contributed by atoms with E-state index in [1.807, 2.05) is 14.0 Å². The summed E-state index contributed by atoms with van der Waals surface area (Å²) < 4.78 is 32.7. The molecule has 2 atom stereocenters. The first-order chi connectivity index (χ1) is 9.03. The van der Waals surface area contributed by atoms with Gasteiger partial charge >= 0.3 is 0 Å². The van der Waals surface area contributed by atoms with Crippen molar-refractivity contribution in [3.63, 3.8) is 0 Å². The van der Waals surface area contributed by atoms with Gasteiger partial charge in [-0.25, -0.2) is 13.1 Å². The fourth-order valence-electron chi connectivity index (χ4n) is 2.23. The molecule has 1 aromatic rings. The number of ether oxygens (including phenoxy) is 1. The number of sulfonamides is 1. The minimum atomic E-state index is -3.54. The van der Waals surface area contributed by atoms with Crippen molar-refractivity contribution in [2.45, 2.75) is 24.0 Å². The summed E-state index contributed by atoms with van der Waals surface area (Å²) in [5.41, 5.74) is 0. The molecule has 1 N–H and O–H groups in total. The van der Waals surface area contributed by atoms with E-state index in [1.165, 1.54) is 12.3 Å². The molecule has 0 bridgehead atoms. The Morgan fingerprint density at radius 2 is 2.32 bits per heavy atom.